The number of rotatable bonds is 3. The van der Waals surface area contributed by atoms with Gasteiger partial charge in [0.05, 0.1) is 5.92 Å². The Morgan fingerprint density at radius 2 is 2.00 bits per heavy atom. The molecule has 3 heterocycles. The van der Waals surface area contributed by atoms with Crippen molar-refractivity contribution < 1.29 is 19.8 Å². The Kier molecular flexibility index (Phi) is 4.06. The number of amides is 2. The molecular weight excluding hydrogens is 272 g/mol. The quantitative estimate of drug-likeness (QED) is 0.818. The van der Waals surface area contributed by atoms with E-state index >= 15 is 0 Å². The van der Waals surface area contributed by atoms with Gasteiger partial charge in [-0.15, -0.1) is 0 Å². The molecule has 6 nitrogen and oxygen atoms in total. The second-order valence-corrected chi connectivity index (χ2v) is 6.64. The number of nitrogens with zero attached hydrogens (tertiary/aromatic N) is 2. The first-order valence-corrected chi connectivity index (χ1v) is 8.02. The van der Waals surface area contributed by atoms with Crippen LogP contribution in [0.2, 0.25) is 0 Å². The van der Waals surface area contributed by atoms with E-state index in [1.807, 2.05) is 9.80 Å². The summed E-state index contributed by atoms with van der Waals surface area (Å²) < 4.78 is 0. The van der Waals surface area contributed by atoms with E-state index < -0.39 is 5.97 Å². The highest BCUT2D eigenvalue weighted by Crippen LogP contribution is 2.42. The second-order valence-electron chi connectivity index (χ2n) is 6.64. The number of likely N-dealkylation sites (tertiary alicyclic amines) is 1. The predicted octanol–water partition coefficient (Wildman–Crippen LogP) is 1.14. The molecule has 0 aromatic carbocycles. The summed E-state index contributed by atoms with van der Waals surface area (Å²) in [5, 5.41) is 18.3. The molecule has 0 saturated carbocycles. The minimum absolute atomic E-state index is 0.0221. The van der Waals surface area contributed by atoms with Gasteiger partial charge in [-0.3, -0.25) is 4.79 Å². The van der Waals surface area contributed by atoms with Crippen molar-refractivity contribution in [2.75, 3.05) is 19.7 Å². The number of carbonyl (C=O) groups excluding carboxylic acids is 1. The third-order valence-electron chi connectivity index (χ3n) is 5.40. The van der Waals surface area contributed by atoms with Gasteiger partial charge in [0.1, 0.15) is 0 Å². The molecule has 3 fully saturated rings. The lowest BCUT2D eigenvalue weighted by molar-refractivity contribution is -0.142. The van der Waals surface area contributed by atoms with Crippen LogP contribution in [0.5, 0.6) is 0 Å². The highest BCUT2D eigenvalue weighted by atomic mass is 16.4. The van der Waals surface area contributed by atoms with E-state index in [2.05, 4.69) is 0 Å². The van der Waals surface area contributed by atoms with Crippen LogP contribution in [0.3, 0.4) is 0 Å². The fraction of sp³-hybridized carbons (Fsp3) is 0.867. The molecule has 0 radical (unpaired) electrons. The van der Waals surface area contributed by atoms with Gasteiger partial charge in [0.15, 0.2) is 0 Å². The van der Waals surface area contributed by atoms with Gasteiger partial charge in [0.2, 0.25) is 0 Å². The summed E-state index contributed by atoms with van der Waals surface area (Å²) in [4.78, 5) is 27.8. The molecule has 0 spiro atoms. The summed E-state index contributed by atoms with van der Waals surface area (Å²) in [7, 11) is 0. The highest BCUT2D eigenvalue weighted by molar-refractivity contribution is 5.79. The van der Waals surface area contributed by atoms with Crippen LogP contribution < -0.4 is 0 Å². The van der Waals surface area contributed by atoms with Gasteiger partial charge in [-0.25, -0.2) is 4.79 Å². The number of aliphatic hydroxyl groups excluding tert-OH is 1. The number of aliphatic hydroxyl groups is 1. The summed E-state index contributed by atoms with van der Waals surface area (Å²) >= 11 is 0. The Hall–Kier alpha value is -1.30. The molecule has 3 rings (SSSR count). The van der Waals surface area contributed by atoms with Crippen LogP contribution in [0.25, 0.3) is 0 Å². The maximum Gasteiger partial charge on any atom is 0.320 e. The van der Waals surface area contributed by atoms with Crippen molar-refractivity contribution in [3.05, 3.63) is 0 Å². The normalized spacial score (nSPS) is 35.3. The minimum Gasteiger partial charge on any atom is -0.481 e. The van der Waals surface area contributed by atoms with Crippen molar-refractivity contribution in [2.45, 2.75) is 50.6 Å². The Morgan fingerprint density at radius 3 is 2.67 bits per heavy atom. The lowest BCUT2D eigenvalue weighted by Crippen LogP contribution is -2.50. The summed E-state index contributed by atoms with van der Waals surface area (Å²) in [5.41, 5.74) is 0. The molecule has 118 valence electrons. The average molecular weight is 296 g/mol. The molecule has 0 aliphatic carbocycles. The molecule has 2 N–H and O–H groups in total. The van der Waals surface area contributed by atoms with E-state index in [-0.39, 0.29) is 30.6 Å². The number of aliphatic carboxylic acids is 1. The third kappa shape index (κ3) is 2.61. The maximum absolute atomic E-state index is 12.8. The Morgan fingerprint density at radius 1 is 1.19 bits per heavy atom. The van der Waals surface area contributed by atoms with Crippen LogP contribution >= 0.6 is 0 Å². The Labute approximate surface area is 124 Å². The number of piperidine rings is 1. The van der Waals surface area contributed by atoms with Crippen LogP contribution in [0.4, 0.5) is 4.79 Å². The summed E-state index contributed by atoms with van der Waals surface area (Å²) in [6, 6.07) is 0.0222. The maximum atomic E-state index is 12.8. The van der Waals surface area contributed by atoms with Gasteiger partial charge in [-0.2, -0.15) is 0 Å². The molecule has 2 amide bonds. The zero-order chi connectivity index (χ0) is 15.0. The van der Waals surface area contributed by atoms with E-state index in [1.54, 1.807) is 0 Å². The number of fused-ring (bicyclic) bond motifs is 2. The number of urea groups is 1. The van der Waals surface area contributed by atoms with Crippen LogP contribution in [-0.2, 0) is 4.79 Å². The molecule has 21 heavy (non-hydrogen) atoms. The van der Waals surface area contributed by atoms with Crippen molar-refractivity contribution in [2.24, 2.45) is 11.8 Å². The molecule has 0 aromatic rings. The van der Waals surface area contributed by atoms with Gasteiger partial charge in [0.25, 0.3) is 0 Å². The van der Waals surface area contributed by atoms with Gasteiger partial charge in [-0.05, 0) is 44.4 Å². The van der Waals surface area contributed by atoms with Crippen molar-refractivity contribution >= 4 is 12.0 Å². The summed E-state index contributed by atoms with van der Waals surface area (Å²) in [6.45, 7) is 1.63. The van der Waals surface area contributed by atoms with Gasteiger partial charge in [-0.1, -0.05) is 0 Å². The van der Waals surface area contributed by atoms with Gasteiger partial charge < -0.3 is 20.0 Å². The molecule has 4 atom stereocenters. The molecular formula is C15H24N2O4. The smallest absolute Gasteiger partial charge is 0.320 e. The van der Waals surface area contributed by atoms with Gasteiger partial charge >= 0.3 is 12.0 Å². The fourth-order valence-electron chi connectivity index (χ4n) is 4.37. The van der Waals surface area contributed by atoms with E-state index in [9.17, 15) is 14.7 Å². The monoisotopic (exact) mass is 296 g/mol. The summed E-state index contributed by atoms with van der Waals surface area (Å²) in [5.74, 6) is -0.772. The number of hydrogen-bond acceptors (Lipinski definition) is 3. The fourth-order valence-corrected chi connectivity index (χ4v) is 4.37. The topological polar surface area (TPSA) is 81.1 Å². The first-order chi connectivity index (χ1) is 10.1. The van der Waals surface area contributed by atoms with Crippen LogP contribution in [0, 0.1) is 11.8 Å². The number of hydrogen-bond donors (Lipinski definition) is 2. The Bertz CT molecular complexity index is 426. The number of carboxylic acid groups (broad SMARTS) is 1. The minimum atomic E-state index is -0.767. The van der Waals surface area contributed by atoms with E-state index in [1.165, 1.54) is 0 Å². The number of carbonyl (C=O) groups is 2. The first-order valence-electron chi connectivity index (χ1n) is 8.02. The standard InChI is InChI=1S/C15H24N2O4/c18-7-5-10-2-1-6-16(9-10)15(21)17-11-3-4-13(17)12(8-11)14(19)20/h10-13,18H,1-9H2,(H,19,20). The Balaban J connectivity index is 1.67. The van der Waals surface area contributed by atoms with Crippen molar-refractivity contribution in [1.29, 1.82) is 0 Å². The summed E-state index contributed by atoms with van der Waals surface area (Å²) in [6.07, 6.45) is 5.15. The molecule has 2 bridgehead atoms. The lowest BCUT2D eigenvalue weighted by Gasteiger charge is -2.36. The van der Waals surface area contributed by atoms with Crippen molar-refractivity contribution in [3.63, 3.8) is 0 Å². The molecule has 6 heteroatoms. The SMILES string of the molecule is O=C(O)C1CC2CCC1N2C(=O)N1CCCC(CCO)C1. The zero-order valence-electron chi connectivity index (χ0n) is 12.3. The first kappa shape index (κ1) is 14.6. The highest BCUT2D eigenvalue weighted by Gasteiger charge is 2.52. The average Bonchev–Trinajstić information content (AvgIpc) is 3.05. The van der Waals surface area contributed by atoms with E-state index in [4.69, 9.17) is 5.11 Å². The molecule has 0 aromatic heterocycles. The van der Waals surface area contributed by atoms with Crippen LogP contribution in [0.15, 0.2) is 0 Å². The second kappa shape index (κ2) is 5.83. The van der Waals surface area contributed by atoms with E-state index in [0.717, 1.165) is 38.6 Å². The van der Waals surface area contributed by atoms with Crippen molar-refractivity contribution in [1.82, 2.24) is 9.80 Å². The van der Waals surface area contributed by atoms with Crippen LogP contribution in [0.1, 0.15) is 38.5 Å². The van der Waals surface area contributed by atoms with Gasteiger partial charge in [0, 0.05) is 31.8 Å². The molecule has 3 saturated heterocycles. The molecule has 3 aliphatic heterocycles. The van der Waals surface area contributed by atoms with Crippen LogP contribution in [-0.4, -0.2) is 63.8 Å². The third-order valence-corrected chi connectivity index (χ3v) is 5.40. The van der Waals surface area contributed by atoms with E-state index in [0.29, 0.717) is 18.9 Å². The lowest BCUT2D eigenvalue weighted by atomic mass is 9.89. The largest absolute Gasteiger partial charge is 0.481 e. The molecule has 3 aliphatic rings. The molecule has 4 unspecified atom stereocenters. The van der Waals surface area contributed by atoms with Crippen molar-refractivity contribution in [3.8, 4) is 0 Å². The number of carboxylic acids is 1. The predicted molar refractivity (Wildman–Crippen MR) is 75.8 cm³/mol. The zero-order valence-corrected chi connectivity index (χ0v) is 12.3.